The van der Waals surface area contributed by atoms with Crippen LogP contribution >= 0.6 is 59.4 Å². The molecule has 3 rings (SSSR count). The van der Waals surface area contributed by atoms with Gasteiger partial charge in [-0.15, -0.1) is 36.2 Å². The van der Waals surface area contributed by atoms with E-state index in [-0.39, 0.29) is 42.8 Å². The Hall–Kier alpha value is -0.560. The van der Waals surface area contributed by atoms with E-state index in [9.17, 15) is 4.79 Å². The van der Waals surface area contributed by atoms with Crippen molar-refractivity contribution in [3.8, 4) is 10.6 Å². The zero-order valence-corrected chi connectivity index (χ0v) is 17.6. The standard InChI is InChI=1S/C16H17Cl2N3OS.2ClH/c1-9-10(2)21(6-5-19-9)16(22)14-8-23-15(20-14)12-4-3-11(17)7-13(12)18;;/h3-4,7-10,19H,5-6H2,1-2H3;2*1H. The Morgan fingerprint density at radius 3 is 2.72 bits per heavy atom. The number of hydrogen-bond acceptors (Lipinski definition) is 4. The minimum atomic E-state index is -0.0292. The van der Waals surface area contributed by atoms with Gasteiger partial charge in [0.1, 0.15) is 10.7 Å². The topological polar surface area (TPSA) is 45.2 Å². The second-order valence-corrected chi connectivity index (χ2v) is 7.35. The number of halogens is 4. The maximum Gasteiger partial charge on any atom is 0.273 e. The van der Waals surface area contributed by atoms with Gasteiger partial charge in [-0.1, -0.05) is 23.2 Å². The Bertz CT molecular complexity index is 740. The van der Waals surface area contributed by atoms with Crippen LogP contribution in [0.25, 0.3) is 10.6 Å². The summed E-state index contributed by atoms with van der Waals surface area (Å²) >= 11 is 13.6. The van der Waals surface area contributed by atoms with E-state index in [1.165, 1.54) is 11.3 Å². The van der Waals surface area contributed by atoms with Crippen molar-refractivity contribution < 1.29 is 4.79 Å². The first kappa shape index (κ1) is 22.5. The van der Waals surface area contributed by atoms with Gasteiger partial charge in [0.15, 0.2) is 0 Å². The lowest BCUT2D eigenvalue weighted by Gasteiger charge is -2.38. The Kier molecular flexibility index (Phi) is 8.45. The van der Waals surface area contributed by atoms with Crippen LogP contribution in [0, 0.1) is 0 Å². The molecule has 1 saturated heterocycles. The molecule has 1 aliphatic rings. The van der Waals surface area contributed by atoms with Crippen LogP contribution in [0.5, 0.6) is 0 Å². The van der Waals surface area contributed by atoms with Crippen molar-refractivity contribution in [2.24, 2.45) is 0 Å². The molecular weight excluding hydrogens is 424 g/mol. The van der Waals surface area contributed by atoms with E-state index >= 15 is 0 Å². The molecule has 1 amide bonds. The van der Waals surface area contributed by atoms with Crippen LogP contribution in [0.4, 0.5) is 0 Å². The number of piperazine rings is 1. The summed E-state index contributed by atoms with van der Waals surface area (Å²) in [5.41, 5.74) is 1.26. The van der Waals surface area contributed by atoms with E-state index in [2.05, 4.69) is 24.1 Å². The van der Waals surface area contributed by atoms with Crippen molar-refractivity contribution in [1.82, 2.24) is 15.2 Å². The molecule has 0 saturated carbocycles. The molecule has 4 nitrogen and oxygen atoms in total. The zero-order valence-electron chi connectivity index (χ0n) is 13.7. The van der Waals surface area contributed by atoms with E-state index in [0.29, 0.717) is 22.3 Å². The number of nitrogens with zero attached hydrogens (tertiary/aromatic N) is 2. The third-order valence-electron chi connectivity index (χ3n) is 4.18. The van der Waals surface area contributed by atoms with Gasteiger partial charge in [0.2, 0.25) is 0 Å². The third kappa shape index (κ3) is 4.79. The fraction of sp³-hybridized carbons (Fsp3) is 0.375. The number of nitrogens with one attached hydrogen (secondary N) is 1. The fourth-order valence-electron chi connectivity index (χ4n) is 2.65. The molecule has 0 bridgehead atoms. The van der Waals surface area contributed by atoms with Crippen LogP contribution in [0.1, 0.15) is 24.3 Å². The lowest BCUT2D eigenvalue weighted by molar-refractivity contribution is 0.0598. The number of hydrogen-bond donors (Lipinski definition) is 1. The number of amides is 1. The molecule has 0 aliphatic carbocycles. The molecule has 0 spiro atoms. The molecule has 0 radical (unpaired) electrons. The Morgan fingerprint density at radius 1 is 1.32 bits per heavy atom. The summed E-state index contributed by atoms with van der Waals surface area (Å²) in [5, 5.41) is 7.01. The lowest BCUT2D eigenvalue weighted by Crippen LogP contribution is -2.57. The molecule has 2 unspecified atom stereocenters. The summed E-state index contributed by atoms with van der Waals surface area (Å²) in [7, 11) is 0. The van der Waals surface area contributed by atoms with Gasteiger partial charge in [-0.25, -0.2) is 4.98 Å². The van der Waals surface area contributed by atoms with Crippen molar-refractivity contribution in [3.63, 3.8) is 0 Å². The van der Waals surface area contributed by atoms with Crippen LogP contribution in [-0.2, 0) is 0 Å². The Morgan fingerprint density at radius 2 is 2.04 bits per heavy atom. The molecule has 2 heterocycles. The van der Waals surface area contributed by atoms with Crippen molar-refractivity contribution in [3.05, 3.63) is 39.3 Å². The predicted molar refractivity (Wildman–Crippen MR) is 110 cm³/mol. The Labute approximate surface area is 173 Å². The molecule has 9 heteroatoms. The second kappa shape index (κ2) is 9.40. The molecule has 1 aliphatic heterocycles. The highest BCUT2D eigenvalue weighted by atomic mass is 35.5. The second-order valence-electron chi connectivity index (χ2n) is 5.64. The first-order valence-electron chi connectivity index (χ1n) is 7.42. The SMILES string of the molecule is CC1NCCN(C(=O)c2csc(-c3ccc(Cl)cc3Cl)n2)C1C.Cl.Cl. The largest absolute Gasteiger partial charge is 0.332 e. The molecule has 2 aromatic rings. The molecular formula is C16H19Cl4N3OS. The fourth-order valence-corrected chi connectivity index (χ4v) is 4.04. The van der Waals surface area contributed by atoms with Crippen LogP contribution in [-0.4, -0.2) is 41.0 Å². The first-order valence-corrected chi connectivity index (χ1v) is 9.06. The van der Waals surface area contributed by atoms with E-state index in [1.807, 2.05) is 11.0 Å². The average molecular weight is 443 g/mol. The smallest absolute Gasteiger partial charge is 0.273 e. The van der Waals surface area contributed by atoms with E-state index in [4.69, 9.17) is 23.2 Å². The normalized spacial score (nSPS) is 19.8. The lowest BCUT2D eigenvalue weighted by atomic mass is 10.1. The summed E-state index contributed by atoms with van der Waals surface area (Å²) < 4.78 is 0. The van der Waals surface area contributed by atoms with E-state index in [1.54, 1.807) is 17.5 Å². The number of rotatable bonds is 2. The summed E-state index contributed by atoms with van der Waals surface area (Å²) in [6.45, 7) is 5.64. The van der Waals surface area contributed by atoms with Crippen molar-refractivity contribution in [2.45, 2.75) is 25.9 Å². The number of benzene rings is 1. The minimum absolute atomic E-state index is 0. The van der Waals surface area contributed by atoms with Gasteiger partial charge < -0.3 is 10.2 Å². The predicted octanol–water partition coefficient (Wildman–Crippen LogP) is 4.78. The maximum absolute atomic E-state index is 12.7. The number of aromatic nitrogens is 1. The van der Waals surface area contributed by atoms with Crippen LogP contribution < -0.4 is 5.32 Å². The highest BCUT2D eigenvalue weighted by Crippen LogP contribution is 2.32. The number of carbonyl (C=O) groups is 1. The molecule has 1 aromatic heterocycles. The van der Waals surface area contributed by atoms with Gasteiger partial charge in [-0.05, 0) is 32.0 Å². The summed E-state index contributed by atoms with van der Waals surface area (Å²) in [4.78, 5) is 19.1. The average Bonchev–Trinajstić information content (AvgIpc) is 2.99. The van der Waals surface area contributed by atoms with Crippen molar-refractivity contribution in [2.75, 3.05) is 13.1 Å². The monoisotopic (exact) mass is 441 g/mol. The van der Waals surface area contributed by atoms with Crippen LogP contribution in [0.3, 0.4) is 0 Å². The maximum atomic E-state index is 12.7. The van der Waals surface area contributed by atoms with E-state index < -0.39 is 0 Å². The molecule has 1 fully saturated rings. The number of thiazole rings is 1. The van der Waals surface area contributed by atoms with Crippen molar-refractivity contribution >= 4 is 65.3 Å². The Balaban J connectivity index is 0.00000156. The summed E-state index contributed by atoms with van der Waals surface area (Å²) in [5.74, 6) is -0.0292. The first-order chi connectivity index (χ1) is 11.0. The molecule has 1 N–H and O–H groups in total. The van der Waals surface area contributed by atoms with Crippen LogP contribution in [0.2, 0.25) is 10.0 Å². The minimum Gasteiger partial charge on any atom is -0.332 e. The molecule has 25 heavy (non-hydrogen) atoms. The molecule has 2 atom stereocenters. The molecule has 1 aromatic carbocycles. The van der Waals surface area contributed by atoms with Gasteiger partial charge in [0, 0.05) is 41.1 Å². The van der Waals surface area contributed by atoms with Gasteiger partial charge in [0.05, 0.1) is 5.02 Å². The summed E-state index contributed by atoms with van der Waals surface area (Å²) in [6, 6.07) is 5.69. The van der Waals surface area contributed by atoms with Gasteiger partial charge in [-0.3, -0.25) is 4.79 Å². The highest BCUT2D eigenvalue weighted by molar-refractivity contribution is 7.13. The quantitative estimate of drug-likeness (QED) is 0.727. The highest BCUT2D eigenvalue weighted by Gasteiger charge is 2.30. The van der Waals surface area contributed by atoms with E-state index in [0.717, 1.165) is 17.1 Å². The van der Waals surface area contributed by atoms with Crippen molar-refractivity contribution in [1.29, 1.82) is 0 Å². The van der Waals surface area contributed by atoms with Gasteiger partial charge >= 0.3 is 0 Å². The molecule has 138 valence electrons. The van der Waals surface area contributed by atoms with Gasteiger partial charge in [-0.2, -0.15) is 0 Å². The summed E-state index contributed by atoms with van der Waals surface area (Å²) in [6.07, 6.45) is 0. The van der Waals surface area contributed by atoms with Gasteiger partial charge in [0.25, 0.3) is 5.91 Å². The zero-order chi connectivity index (χ0) is 16.6. The van der Waals surface area contributed by atoms with Crippen LogP contribution in [0.15, 0.2) is 23.6 Å². The third-order valence-corrected chi connectivity index (χ3v) is 5.60. The number of carbonyl (C=O) groups excluding carboxylic acids is 1.